The van der Waals surface area contributed by atoms with Crippen molar-refractivity contribution in [3.05, 3.63) is 71.8 Å². The van der Waals surface area contributed by atoms with E-state index >= 15 is 0 Å². The van der Waals surface area contributed by atoms with Crippen LogP contribution in [0, 0.1) is 5.92 Å². The minimum Gasteiger partial charge on any atom is -0.396 e. The lowest BCUT2D eigenvalue weighted by Gasteiger charge is -2.16. The third-order valence-corrected chi connectivity index (χ3v) is 4.23. The highest BCUT2D eigenvalue weighted by Gasteiger charge is 2.32. The minimum atomic E-state index is 0.269. The van der Waals surface area contributed by atoms with E-state index in [4.69, 9.17) is 0 Å². The van der Waals surface area contributed by atoms with Gasteiger partial charge in [0, 0.05) is 38.1 Å². The molecular weight excluding hydrogens is 246 g/mol. The smallest absolute Gasteiger partial charge is 0.0477 e. The van der Waals surface area contributed by atoms with Crippen LogP contribution in [0.5, 0.6) is 0 Å². The molecule has 1 aliphatic heterocycles. The topological polar surface area (TPSA) is 23.5 Å². The monoisotopic (exact) mass is 267 g/mol. The molecule has 1 N–H and O–H groups in total. The first-order valence-electron chi connectivity index (χ1n) is 7.29. The van der Waals surface area contributed by atoms with Gasteiger partial charge in [-0.15, -0.1) is 0 Å². The molecule has 2 aromatic rings. The lowest BCUT2D eigenvalue weighted by atomic mass is 9.90. The van der Waals surface area contributed by atoms with E-state index in [0.717, 1.165) is 19.6 Å². The van der Waals surface area contributed by atoms with E-state index in [-0.39, 0.29) is 6.61 Å². The molecule has 2 atom stereocenters. The normalized spacial score (nSPS) is 23.1. The molecule has 2 nitrogen and oxygen atoms in total. The molecule has 0 radical (unpaired) electrons. The van der Waals surface area contributed by atoms with E-state index < -0.39 is 0 Å². The second kappa shape index (κ2) is 6.21. The Hall–Kier alpha value is -1.64. The van der Waals surface area contributed by atoms with Crippen LogP contribution in [-0.4, -0.2) is 29.7 Å². The summed E-state index contributed by atoms with van der Waals surface area (Å²) in [7, 11) is 0. The summed E-state index contributed by atoms with van der Waals surface area (Å²) in [5.74, 6) is 0.797. The maximum Gasteiger partial charge on any atom is 0.0477 e. The molecule has 1 heterocycles. The van der Waals surface area contributed by atoms with Gasteiger partial charge in [-0.25, -0.2) is 0 Å². The molecule has 20 heavy (non-hydrogen) atoms. The molecule has 0 bridgehead atoms. The third kappa shape index (κ3) is 2.92. The first kappa shape index (κ1) is 13.3. The van der Waals surface area contributed by atoms with Crippen molar-refractivity contribution in [2.24, 2.45) is 5.92 Å². The molecule has 0 unspecified atom stereocenters. The average Bonchev–Trinajstić information content (AvgIpc) is 2.92. The van der Waals surface area contributed by atoms with E-state index in [0.29, 0.717) is 11.8 Å². The maximum atomic E-state index is 9.65. The summed E-state index contributed by atoms with van der Waals surface area (Å²) in [5, 5.41) is 9.65. The van der Waals surface area contributed by atoms with Gasteiger partial charge in [-0.1, -0.05) is 60.7 Å². The Morgan fingerprint density at radius 3 is 2.20 bits per heavy atom. The van der Waals surface area contributed by atoms with Gasteiger partial charge < -0.3 is 5.11 Å². The first-order valence-corrected chi connectivity index (χ1v) is 7.29. The van der Waals surface area contributed by atoms with E-state index in [9.17, 15) is 5.11 Å². The highest BCUT2D eigenvalue weighted by molar-refractivity contribution is 5.23. The van der Waals surface area contributed by atoms with Gasteiger partial charge in [-0.05, 0) is 11.1 Å². The Morgan fingerprint density at radius 1 is 0.900 bits per heavy atom. The summed E-state index contributed by atoms with van der Waals surface area (Å²) in [6, 6.07) is 21.2. The average molecular weight is 267 g/mol. The number of likely N-dealkylation sites (tertiary alicyclic amines) is 1. The van der Waals surface area contributed by atoms with Crippen molar-refractivity contribution in [3.8, 4) is 0 Å². The first-order chi connectivity index (χ1) is 9.86. The Kier molecular flexibility index (Phi) is 4.14. The highest BCUT2D eigenvalue weighted by Crippen LogP contribution is 2.32. The number of hydrogen-bond donors (Lipinski definition) is 1. The molecule has 0 aliphatic carbocycles. The van der Waals surface area contributed by atoms with Crippen LogP contribution in [0.2, 0.25) is 0 Å². The molecule has 1 aliphatic rings. The SMILES string of the molecule is OC[C@@H]1CN(Cc2ccccc2)C[C@H]1c1ccccc1. The molecule has 0 amide bonds. The number of nitrogens with zero attached hydrogens (tertiary/aromatic N) is 1. The molecule has 2 aromatic carbocycles. The fraction of sp³-hybridized carbons (Fsp3) is 0.333. The van der Waals surface area contributed by atoms with Gasteiger partial charge in [0.1, 0.15) is 0 Å². The van der Waals surface area contributed by atoms with Crippen LogP contribution in [0.1, 0.15) is 17.0 Å². The molecule has 0 aromatic heterocycles. The van der Waals surface area contributed by atoms with Crippen LogP contribution in [0.4, 0.5) is 0 Å². The van der Waals surface area contributed by atoms with Gasteiger partial charge in [-0.3, -0.25) is 4.90 Å². The van der Waals surface area contributed by atoms with Gasteiger partial charge in [0.2, 0.25) is 0 Å². The zero-order chi connectivity index (χ0) is 13.8. The molecule has 3 rings (SSSR count). The van der Waals surface area contributed by atoms with E-state index in [1.165, 1.54) is 11.1 Å². The minimum absolute atomic E-state index is 0.269. The number of rotatable bonds is 4. The lowest BCUT2D eigenvalue weighted by Crippen LogP contribution is -2.20. The van der Waals surface area contributed by atoms with E-state index in [2.05, 4.69) is 59.5 Å². The van der Waals surface area contributed by atoms with Crippen LogP contribution < -0.4 is 0 Å². The Bertz CT molecular complexity index is 526. The Morgan fingerprint density at radius 2 is 1.55 bits per heavy atom. The predicted octanol–water partition coefficient (Wildman–Crippen LogP) is 2.89. The van der Waals surface area contributed by atoms with Gasteiger partial charge in [-0.2, -0.15) is 0 Å². The van der Waals surface area contributed by atoms with Crippen molar-refractivity contribution < 1.29 is 5.11 Å². The fourth-order valence-electron chi connectivity index (χ4n) is 3.19. The maximum absolute atomic E-state index is 9.65. The van der Waals surface area contributed by atoms with Crippen LogP contribution >= 0.6 is 0 Å². The van der Waals surface area contributed by atoms with Gasteiger partial charge in [0.15, 0.2) is 0 Å². The van der Waals surface area contributed by atoms with Crippen molar-refractivity contribution in [2.45, 2.75) is 12.5 Å². The molecule has 1 saturated heterocycles. The van der Waals surface area contributed by atoms with Gasteiger partial charge in [0.25, 0.3) is 0 Å². The second-order valence-corrected chi connectivity index (χ2v) is 5.64. The molecule has 104 valence electrons. The third-order valence-electron chi connectivity index (χ3n) is 4.23. The summed E-state index contributed by atoms with van der Waals surface area (Å²) < 4.78 is 0. The number of hydrogen-bond acceptors (Lipinski definition) is 2. The molecule has 2 heteroatoms. The molecule has 0 spiro atoms. The van der Waals surface area contributed by atoms with Crippen LogP contribution in [-0.2, 0) is 6.54 Å². The molecule has 1 fully saturated rings. The Labute approximate surface area is 120 Å². The van der Waals surface area contributed by atoms with Crippen molar-refractivity contribution in [1.82, 2.24) is 4.90 Å². The summed E-state index contributed by atoms with van der Waals surface area (Å²) >= 11 is 0. The van der Waals surface area contributed by atoms with Gasteiger partial charge in [0.05, 0.1) is 0 Å². The zero-order valence-electron chi connectivity index (χ0n) is 11.7. The van der Waals surface area contributed by atoms with Crippen molar-refractivity contribution >= 4 is 0 Å². The quantitative estimate of drug-likeness (QED) is 0.920. The number of aliphatic hydroxyl groups is 1. The number of aliphatic hydroxyl groups excluding tert-OH is 1. The van der Waals surface area contributed by atoms with E-state index in [1.54, 1.807) is 0 Å². The zero-order valence-corrected chi connectivity index (χ0v) is 11.7. The van der Waals surface area contributed by atoms with Gasteiger partial charge >= 0.3 is 0 Å². The van der Waals surface area contributed by atoms with Crippen molar-refractivity contribution in [1.29, 1.82) is 0 Å². The fourth-order valence-corrected chi connectivity index (χ4v) is 3.19. The Balaban J connectivity index is 1.71. The van der Waals surface area contributed by atoms with Crippen molar-refractivity contribution in [3.63, 3.8) is 0 Å². The lowest BCUT2D eigenvalue weighted by molar-refractivity contribution is 0.214. The predicted molar refractivity (Wildman–Crippen MR) is 81.5 cm³/mol. The second-order valence-electron chi connectivity index (χ2n) is 5.64. The largest absolute Gasteiger partial charge is 0.396 e. The summed E-state index contributed by atoms with van der Waals surface area (Å²) in [4.78, 5) is 2.45. The van der Waals surface area contributed by atoms with Crippen LogP contribution in [0.15, 0.2) is 60.7 Å². The molecule has 0 saturated carbocycles. The summed E-state index contributed by atoms with van der Waals surface area (Å²) in [6.45, 7) is 3.25. The van der Waals surface area contributed by atoms with Crippen molar-refractivity contribution in [2.75, 3.05) is 19.7 Å². The van der Waals surface area contributed by atoms with Crippen LogP contribution in [0.3, 0.4) is 0 Å². The summed E-state index contributed by atoms with van der Waals surface area (Å²) in [6.07, 6.45) is 0. The standard InChI is InChI=1S/C18H21NO/c20-14-17-12-19(11-15-7-3-1-4-8-15)13-18(17)16-9-5-2-6-10-16/h1-10,17-18,20H,11-14H2/t17-,18-/m0/s1. The number of benzene rings is 2. The van der Waals surface area contributed by atoms with E-state index in [1.807, 2.05) is 6.07 Å². The molecular formula is C18H21NO. The highest BCUT2D eigenvalue weighted by atomic mass is 16.3. The van der Waals surface area contributed by atoms with Crippen LogP contribution in [0.25, 0.3) is 0 Å². The summed E-state index contributed by atoms with van der Waals surface area (Å²) in [5.41, 5.74) is 2.69.